The molecule has 1 aromatic carbocycles. The molecule has 0 saturated heterocycles. The molecule has 2 N–H and O–H groups in total. The van der Waals surface area contributed by atoms with Gasteiger partial charge in [-0.25, -0.2) is 0 Å². The van der Waals surface area contributed by atoms with Crippen LogP contribution in [0.3, 0.4) is 0 Å². The molecule has 6 heteroatoms. The van der Waals surface area contributed by atoms with Gasteiger partial charge in [0.25, 0.3) is 5.91 Å². The van der Waals surface area contributed by atoms with Crippen LogP contribution in [0.5, 0.6) is 0 Å². The number of carbonyl (C=O) groups excluding carboxylic acids is 2. The van der Waals surface area contributed by atoms with E-state index in [0.29, 0.717) is 5.56 Å². The summed E-state index contributed by atoms with van der Waals surface area (Å²) in [4.78, 5) is 35.8. The van der Waals surface area contributed by atoms with E-state index >= 15 is 0 Å². The van der Waals surface area contributed by atoms with Gasteiger partial charge in [0.1, 0.15) is 6.54 Å². The van der Waals surface area contributed by atoms with Gasteiger partial charge in [-0.05, 0) is 24.5 Å². The molecule has 116 valence electrons. The predicted octanol–water partition coefficient (Wildman–Crippen LogP) is 1.62. The van der Waals surface area contributed by atoms with Crippen molar-refractivity contribution in [1.82, 2.24) is 4.90 Å². The minimum Gasteiger partial charge on any atom is -0.503 e. The number of carbonyl (C=O) groups is 3. The van der Waals surface area contributed by atoms with Crippen molar-refractivity contribution >= 4 is 17.7 Å². The van der Waals surface area contributed by atoms with E-state index in [9.17, 15) is 19.5 Å². The number of aliphatic hydroxyl groups excluding tert-OH is 1. The van der Waals surface area contributed by atoms with Crippen LogP contribution in [0.2, 0.25) is 0 Å². The molecule has 1 heterocycles. The summed E-state index contributed by atoms with van der Waals surface area (Å²) in [5, 5.41) is 18.9. The molecule has 6 nitrogen and oxygen atoms in total. The second kappa shape index (κ2) is 6.01. The van der Waals surface area contributed by atoms with E-state index < -0.39 is 36.0 Å². The summed E-state index contributed by atoms with van der Waals surface area (Å²) in [7, 11) is 0. The Hall–Kier alpha value is -2.63. The minimum absolute atomic E-state index is 0.0597. The van der Waals surface area contributed by atoms with Crippen molar-refractivity contribution in [2.45, 2.75) is 26.3 Å². The number of rotatable bonds is 5. The molecule has 0 saturated carbocycles. The third-order valence-electron chi connectivity index (χ3n) is 3.69. The van der Waals surface area contributed by atoms with Crippen molar-refractivity contribution in [2.24, 2.45) is 0 Å². The maximum Gasteiger partial charge on any atom is 0.323 e. The zero-order valence-corrected chi connectivity index (χ0v) is 12.4. The van der Waals surface area contributed by atoms with Crippen molar-refractivity contribution in [3.63, 3.8) is 0 Å². The topological polar surface area (TPSA) is 94.9 Å². The summed E-state index contributed by atoms with van der Waals surface area (Å²) in [6, 6.07) is 6.32. The van der Waals surface area contributed by atoms with Crippen LogP contribution in [0.1, 0.15) is 31.0 Å². The molecular weight excluding hydrogens is 286 g/mol. The third kappa shape index (κ3) is 2.72. The molecule has 0 radical (unpaired) electrons. The Morgan fingerprint density at radius 3 is 2.27 bits per heavy atom. The third-order valence-corrected chi connectivity index (χ3v) is 3.69. The van der Waals surface area contributed by atoms with Crippen molar-refractivity contribution in [2.75, 3.05) is 6.54 Å². The minimum atomic E-state index is -1.21. The number of amides is 1. The second-order valence-corrected chi connectivity index (χ2v) is 5.14. The smallest absolute Gasteiger partial charge is 0.323 e. The van der Waals surface area contributed by atoms with Crippen LogP contribution in [-0.4, -0.2) is 39.3 Å². The fourth-order valence-corrected chi connectivity index (χ4v) is 2.60. The van der Waals surface area contributed by atoms with Crippen molar-refractivity contribution < 1.29 is 24.6 Å². The summed E-state index contributed by atoms with van der Waals surface area (Å²) >= 11 is 0. The monoisotopic (exact) mass is 303 g/mol. The summed E-state index contributed by atoms with van der Waals surface area (Å²) in [5.74, 6) is -3.17. The molecule has 0 aromatic heterocycles. The summed E-state index contributed by atoms with van der Waals surface area (Å²) in [6.45, 7) is 2.66. The SMILES string of the molecule is CCc1ccc(C2C(C(C)=O)=C(O)C(=O)N2CC(=O)O)cc1. The van der Waals surface area contributed by atoms with E-state index in [0.717, 1.165) is 16.9 Å². The molecule has 1 aliphatic heterocycles. The van der Waals surface area contributed by atoms with Crippen LogP contribution in [-0.2, 0) is 20.8 Å². The van der Waals surface area contributed by atoms with E-state index in [1.54, 1.807) is 12.1 Å². The Morgan fingerprint density at radius 2 is 1.82 bits per heavy atom. The predicted molar refractivity (Wildman–Crippen MR) is 78.2 cm³/mol. The molecule has 1 amide bonds. The number of benzene rings is 1. The molecule has 2 rings (SSSR count). The van der Waals surface area contributed by atoms with Crippen LogP contribution < -0.4 is 0 Å². The lowest BCUT2D eigenvalue weighted by molar-refractivity contribution is -0.144. The number of hydrogen-bond donors (Lipinski definition) is 2. The highest BCUT2D eigenvalue weighted by molar-refractivity contribution is 6.08. The molecule has 0 spiro atoms. The second-order valence-electron chi connectivity index (χ2n) is 5.14. The molecule has 1 unspecified atom stereocenters. The van der Waals surface area contributed by atoms with Gasteiger partial charge in [0.05, 0.1) is 11.6 Å². The number of Topliss-reactive ketones (excluding diaryl/α,β-unsaturated/α-hetero) is 1. The van der Waals surface area contributed by atoms with Gasteiger partial charge in [-0.2, -0.15) is 0 Å². The zero-order valence-electron chi connectivity index (χ0n) is 12.4. The van der Waals surface area contributed by atoms with Gasteiger partial charge >= 0.3 is 5.97 Å². The number of hydrogen-bond acceptors (Lipinski definition) is 4. The molecule has 0 bridgehead atoms. The zero-order chi connectivity index (χ0) is 16.4. The number of carboxylic acid groups (broad SMARTS) is 1. The van der Waals surface area contributed by atoms with Gasteiger partial charge in [-0.1, -0.05) is 31.2 Å². The van der Waals surface area contributed by atoms with E-state index in [2.05, 4.69) is 0 Å². The van der Waals surface area contributed by atoms with Crippen LogP contribution in [0.4, 0.5) is 0 Å². The van der Waals surface area contributed by atoms with E-state index in [1.807, 2.05) is 19.1 Å². The quantitative estimate of drug-likeness (QED) is 0.862. The number of carboxylic acids is 1. The lowest BCUT2D eigenvalue weighted by atomic mass is 9.95. The number of aliphatic hydroxyl groups is 1. The lowest BCUT2D eigenvalue weighted by Crippen LogP contribution is -2.35. The average Bonchev–Trinajstić information content (AvgIpc) is 2.72. The van der Waals surface area contributed by atoms with E-state index in [1.165, 1.54) is 6.92 Å². The van der Waals surface area contributed by atoms with Gasteiger partial charge in [-0.15, -0.1) is 0 Å². The first kappa shape index (κ1) is 15.8. The normalized spacial score (nSPS) is 18.0. The van der Waals surface area contributed by atoms with E-state index in [4.69, 9.17) is 5.11 Å². The summed E-state index contributed by atoms with van der Waals surface area (Å²) < 4.78 is 0. The standard InChI is InChI=1S/C16H17NO5/c1-3-10-4-6-11(7-5-10)14-13(9(2)18)15(21)16(22)17(14)8-12(19)20/h4-7,14,21H,3,8H2,1-2H3,(H,19,20). The highest BCUT2D eigenvalue weighted by Crippen LogP contribution is 2.37. The summed E-state index contributed by atoms with van der Waals surface area (Å²) in [6.07, 6.45) is 0.837. The average molecular weight is 303 g/mol. The number of nitrogens with zero attached hydrogens (tertiary/aromatic N) is 1. The first-order valence-corrected chi connectivity index (χ1v) is 6.92. The Kier molecular flexibility index (Phi) is 4.30. The Morgan fingerprint density at radius 1 is 1.23 bits per heavy atom. The molecule has 1 aromatic rings. The Bertz CT molecular complexity index is 660. The van der Waals surface area contributed by atoms with Gasteiger partial charge < -0.3 is 15.1 Å². The molecule has 1 aliphatic rings. The lowest BCUT2D eigenvalue weighted by Gasteiger charge is -2.25. The maximum atomic E-state index is 12.1. The van der Waals surface area contributed by atoms with Crippen molar-refractivity contribution in [3.05, 3.63) is 46.7 Å². The van der Waals surface area contributed by atoms with Crippen LogP contribution in [0, 0.1) is 0 Å². The van der Waals surface area contributed by atoms with Gasteiger partial charge in [0.2, 0.25) is 0 Å². The number of aliphatic carboxylic acids is 1. The van der Waals surface area contributed by atoms with E-state index in [-0.39, 0.29) is 5.57 Å². The van der Waals surface area contributed by atoms with Crippen molar-refractivity contribution in [1.29, 1.82) is 0 Å². The van der Waals surface area contributed by atoms with Gasteiger partial charge in [-0.3, -0.25) is 14.4 Å². The van der Waals surface area contributed by atoms with Gasteiger partial charge in [0, 0.05) is 0 Å². The Balaban J connectivity index is 2.50. The molecule has 0 aliphatic carbocycles. The fraction of sp³-hybridized carbons (Fsp3) is 0.312. The summed E-state index contributed by atoms with van der Waals surface area (Å²) in [5.41, 5.74) is 1.62. The van der Waals surface area contributed by atoms with Crippen LogP contribution in [0.15, 0.2) is 35.6 Å². The molecular formula is C16H17NO5. The van der Waals surface area contributed by atoms with Gasteiger partial charge in [0.15, 0.2) is 11.5 Å². The van der Waals surface area contributed by atoms with Crippen LogP contribution >= 0.6 is 0 Å². The van der Waals surface area contributed by atoms with Crippen molar-refractivity contribution in [3.8, 4) is 0 Å². The van der Waals surface area contributed by atoms with Crippen LogP contribution in [0.25, 0.3) is 0 Å². The highest BCUT2D eigenvalue weighted by Gasteiger charge is 2.43. The largest absolute Gasteiger partial charge is 0.503 e. The molecule has 0 fully saturated rings. The molecule has 22 heavy (non-hydrogen) atoms. The first-order chi connectivity index (χ1) is 10.4. The highest BCUT2D eigenvalue weighted by atomic mass is 16.4. The molecule has 1 atom stereocenters. The maximum absolute atomic E-state index is 12.1. The first-order valence-electron chi connectivity index (χ1n) is 6.92. The number of ketones is 1. The number of aryl methyl sites for hydroxylation is 1. The Labute approximate surface area is 127 Å². The fourth-order valence-electron chi connectivity index (χ4n) is 2.60.